The van der Waals surface area contributed by atoms with E-state index in [1.807, 2.05) is 66.7 Å². The molecule has 0 aliphatic heterocycles. The standard InChI is InChI=1S/C20H19ClN4OS/c21-18-12-11-17(25-27-24-16-9-5-2-6-10-16)13-19(18)23-20(26)22-14-15-7-3-1-4-8-15/h1-13,24-25H,14H2,(H2,22,23,26). The summed E-state index contributed by atoms with van der Waals surface area (Å²) in [5.41, 5.74) is 3.36. The van der Waals surface area contributed by atoms with Crippen molar-refractivity contribution in [1.82, 2.24) is 5.32 Å². The molecule has 0 bridgehead atoms. The van der Waals surface area contributed by atoms with Gasteiger partial charge in [0.1, 0.15) is 0 Å². The lowest BCUT2D eigenvalue weighted by molar-refractivity contribution is 0.251. The molecule has 0 aliphatic rings. The van der Waals surface area contributed by atoms with E-state index in [2.05, 4.69) is 20.1 Å². The van der Waals surface area contributed by atoms with Crippen LogP contribution in [0.15, 0.2) is 78.9 Å². The molecule has 2 amide bonds. The zero-order valence-corrected chi connectivity index (χ0v) is 16.0. The summed E-state index contributed by atoms with van der Waals surface area (Å²) in [5.74, 6) is 0. The number of urea groups is 1. The zero-order chi connectivity index (χ0) is 18.9. The zero-order valence-electron chi connectivity index (χ0n) is 14.4. The van der Waals surface area contributed by atoms with Gasteiger partial charge in [0.05, 0.1) is 22.8 Å². The van der Waals surface area contributed by atoms with Gasteiger partial charge in [-0.1, -0.05) is 60.1 Å². The lowest BCUT2D eigenvalue weighted by Gasteiger charge is -2.12. The topological polar surface area (TPSA) is 65.2 Å². The van der Waals surface area contributed by atoms with Crippen molar-refractivity contribution in [3.05, 3.63) is 89.4 Å². The van der Waals surface area contributed by atoms with Crippen molar-refractivity contribution < 1.29 is 4.79 Å². The molecule has 3 rings (SSSR count). The van der Waals surface area contributed by atoms with Crippen LogP contribution in [0, 0.1) is 0 Å². The number of anilines is 3. The van der Waals surface area contributed by atoms with Crippen LogP contribution in [0.5, 0.6) is 0 Å². The van der Waals surface area contributed by atoms with Gasteiger partial charge in [0.25, 0.3) is 0 Å². The molecule has 0 fully saturated rings. The Hall–Kier alpha value is -2.83. The van der Waals surface area contributed by atoms with E-state index in [4.69, 9.17) is 11.6 Å². The van der Waals surface area contributed by atoms with Crippen molar-refractivity contribution in [1.29, 1.82) is 0 Å². The van der Waals surface area contributed by atoms with Crippen molar-refractivity contribution in [3.63, 3.8) is 0 Å². The number of carbonyl (C=O) groups is 1. The van der Waals surface area contributed by atoms with Crippen LogP contribution < -0.4 is 20.1 Å². The van der Waals surface area contributed by atoms with Crippen molar-refractivity contribution >= 4 is 46.8 Å². The highest BCUT2D eigenvalue weighted by atomic mass is 35.5. The Labute approximate surface area is 167 Å². The number of carbonyl (C=O) groups excluding carboxylic acids is 1. The molecular weight excluding hydrogens is 380 g/mol. The minimum atomic E-state index is -0.312. The lowest BCUT2D eigenvalue weighted by atomic mass is 10.2. The van der Waals surface area contributed by atoms with Gasteiger partial charge in [-0.15, -0.1) is 0 Å². The predicted octanol–water partition coefficient (Wildman–Crippen LogP) is 5.75. The predicted molar refractivity (Wildman–Crippen MR) is 115 cm³/mol. The minimum absolute atomic E-state index is 0.312. The molecule has 0 saturated heterocycles. The van der Waals surface area contributed by atoms with Crippen LogP contribution in [0.25, 0.3) is 0 Å². The number of para-hydroxylation sites is 1. The Kier molecular flexibility index (Phi) is 6.84. The van der Waals surface area contributed by atoms with Crippen molar-refractivity contribution in [2.24, 2.45) is 0 Å². The highest BCUT2D eigenvalue weighted by Gasteiger charge is 2.07. The van der Waals surface area contributed by atoms with Crippen LogP contribution in [0.1, 0.15) is 5.56 Å². The van der Waals surface area contributed by atoms with Gasteiger partial charge in [0.2, 0.25) is 0 Å². The Balaban J connectivity index is 1.52. The summed E-state index contributed by atoms with van der Waals surface area (Å²) in [6.07, 6.45) is 0. The number of amides is 2. The summed E-state index contributed by atoms with van der Waals surface area (Å²) in [5, 5.41) is 6.06. The molecule has 0 radical (unpaired) electrons. The summed E-state index contributed by atoms with van der Waals surface area (Å²) >= 11 is 7.52. The summed E-state index contributed by atoms with van der Waals surface area (Å²) in [6.45, 7) is 0.444. The van der Waals surface area contributed by atoms with Gasteiger partial charge in [-0.3, -0.25) is 0 Å². The quantitative estimate of drug-likeness (QED) is 0.383. The molecule has 7 heteroatoms. The first-order valence-electron chi connectivity index (χ1n) is 8.32. The molecule has 3 aromatic carbocycles. The van der Waals surface area contributed by atoms with Crippen LogP contribution in [-0.4, -0.2) is 6.03 Å². The smallest absolute Gasteiger partial charge is 0.319 e. The number of hydrogen-bond acceptors (Lipinski definition) is 4. The molecule has 3 aromatic rings. The van der Waals surface area contributed by atoms with Gasteiger partial charge >= 0.3 is 6.03 Å². The van der Waals surface area contributed by atoms with E-state index in [1.54, 1.807) is 12.1 Å². The van der Waals surface area contributed by atoms with Gasteiger partial charge in [-0.05, 0) is 35.9 Å². The first-order chi connectivity index (χ1) is 13.2. The van der Waals surface area contributed by atoms with E-state index in [1.165, 1.54) is 12.1 Å². The molecule has 0 unspecified atom stereocenters. The molecule has 5 nitrogen and oxygen atoms in total. The van der Waals surface area contributed by atoms with Gasteiger partial charge < -0.3 is 20.1 Å². The largest absolute Gasteiger partial charge is 0.334 e. The number of benzene rings is 3. The first kappa shape index (κ1) is 18.9. The Bertz CT molecular complexity index is 878. The molecule has 0 atom stereocenters. The number of halogens is 1. The summed E-state index contributed by atoms with van der Waals surface area (Å²) in [4.78, 5) is 12.1. The van der Waals surface area contributed by atoms with E-state index in [0.29, 0.717) is 17.3 Å². The Morgan fingerprint density at radius 1 is 0.852 bits per heavy atom. The number of hydrogen-bond donors (Lipinski definition) is 4. The van der Waals surface area contributed by atoms with E-state index >= 15 is 0 Å². The lowest BCUT2D eigenvalue weighted by Crippen LogP contribution is -2.28. The first-order valence-corrected chi connectivity index (χ1v) is 9.51. The fraction of sp³-hybridized carbons (Fsp3) is 0.0500. The van der Waals surface area contributed by atoms with Crippen LogP contribution in [0.2, 0.25) is 5.02 Å². The maximum absolute atomic E-state index is 12.1. The van der Waals surface area contributed by atoms with E-state index in [-0.39, 0.29) is 6.03 Å². The maximum Gasteiger partial charge on any atom is 0.319 e. The summed E-state index contributed by atoms with van der Waals surface area (Å²) < 4.78 is 6.35. The van der Waals surface area contributed by atoms with Crippen LogP contribution in [0.4, 0.5) is 21.9 Å². The third kappa shape index (κ3) is 6.13. The second kappa shape index (κ2) is 9.75. The highest BCUT2D eigenvalue weighted by molar-refractivity contribution is 8.01. The molecule has 0 aliphatic carbocycles. The molecule has 0 aromatic heterocycles. The molecule has 0 spiro atoms. The van der Waals surface area contributed by atoms with Crippen LogP contribution in [-0.2, 0) is 6.54 Å². The molecule has 27 heavy (non-hydrogen) atoms. The second-order valence-corrected chi connectivity index (χ2v) is 6.68. The van der Waals surface area contributed by atoms with Gasteiger partial charge in [0, 0.05) is 17.9 Å². The van der Waals surface area contributed by atoms with Crippen molar-refractivity contribution in [2.45, 2.75) is 6.54 Å². The van der Waals surface area contributed by atoms with Gasteiger partial charge in [-0.25, -0.2) is 4.79 Å². The SMILES string of the molecule is O=C(NCc1ccccc1)Nc1cc(NSNc2ccccc2)ccc1Cl. The fourth-order valence-corrected chi connectivity index (χ4v) is 2.99. The Morgan fingerprint density at radius 3 is 2.26 bits per heavy atom. The van der Waals surface area contributed by atoms with Crippen molar-refractivity contribution in [2.75, 3.05) is 14.8 Å². The van der Waals surface area contributed by atoms with Gasteiger partial charge in [-0.2, -0.15) is 0 Å². The maximum atomic E-state index is 12.1. The molecule has 0 heterocycles. The Morgan fingerprint density at radius 2 is 1.52 bits per heavy atom. The molecule has 0 saturated carbocycles. The van der Waals surface area contributed by atoms with E-state index in [9.17, 15) is 4.79 Å². The molecule has 138 valence electrons. The third-order valence-corrected chi connectivity index (χ3v) is 4.63. The summed E-state index contributed by atoms with van der Waals surface area (Å²) in [7, 11) is 0. The third-order valence-electron chi connectivity index (χ3n) is 3.62. The monoisotopic (exact) mass is 398 g/mol. The van der Waals surface area contributed by atoms with Crippen LogP contribution >= 0.6 is 23.7 Å². The van der Waals surface area contributed by atoms with E-state index in [0.717, 1.165) is 16.9 Å². The second-order valence-electron chi connectivity index (χ2n) is 5.66. The fourth-order valence-electron chi connectivity index (χ4n) is 2.28. The molecular formula is C20H19ClN4OS. The minimum Gasteiger partial charge on any atom is -0.334 e. The van der Waals surface area contributed by atoms with Crippen molar-refractivity contribution in [3.8, 4) is 0 Å². The normalized spacial score (nSPS) is 10.1. The average Bonchev–Trinajstić information content (AvgIpc) is 2.70. The number of rotatable bonds is 7. The van der Waals surface area contributed by atoms with Gasteiger partial charge in [0.15, 0.2) is 0 Å². The highest BCUT2D eigenvalue weighted by Crippen LogP contribution is 2.27. The number of nitrogens with one attached hydrogen (secondary N) is 4. The molecule has 4 N–H and O–H groups in total. The van der Waals surface area contributed by atoms with E-state index < -0.39 is 0 Å². The average molecular weight is 399 g/mol. The summed E-state index contributed by atoms with van der Waals surface area (Å²) in [6, 6.07) is 24.6. The van der Waals surface area contributed by atoms with Crippen LogP contribution in [0.3, 0.4) is 0 Å².